The molecule has 0 saturated heterocycles. The van der Waals surface area contributed by atoms with Crippen molar-refractivity contribution in [3.05, 3.63) is 108 Å². The zero-order valence-corrected chi connectivity index (χ0v) is 13.3. The highest BCUT2D eigenvalue weighted by Crippen LogP contribution is 2.20. The summed E-state index contributed by atoms with van der Waals surface area (Å²) < 4.78 is 1.67. The summed E-state index contributed by atoms with van der Waals surface area (Å²) in [5.41, 5.74) is 2.06. The fourth-order valence-corrected chi connectivity index (χ4v) is 2.82. The minimum absolute atomic E-state index is 0.172. The van der Waals surface area contributed by atoms with Crippen LogP contribution in [0, 0.1) is 0 Å². The van der Waals surface area contributed by atoms with Gasteiger partial charge in [-0.25, -0.2) is 4.98 Å². The molecule has 0 radical (unpaired) electrons. The van der Waals surface area contributed by atoms with Gasteiger partial charge in [-0.15, -0.1) is 0 Å². The van der Waals surface area contributed by atoms with Crippen molar-refractivity contribution < 1.29 is 9.59 Å². The number of hydrogen-bond donors (Lipinski definition) is 0. The van der Waals surface area contributed by atoms with Gasteiger partial charge in [-0.05, 0) is 12.1 Å². The van der Waals surface area contributed by atoms with E-state index in [4.69, 9.17) is 0 Å². The summed E-state index contributed by atoms with van der Waals surface area (Å²) in [6, 6.07) is 23.2. The summed E-state index contributed by atoms with van der Waals surface area (Å²) in [7, 11) is 0. The molecule has 0 fully saturated rings. The molecule has 4 aromatic rings. The first-order chi connectivity index (χ1) is 12.3. The number of aromatic nitrogens is 2. The Morgan fingerprint density at radius 3 is 1.88 bits per heavy atom. The third-order valence-electron chi connectivity index (χ3n) is 4.03. The summed E-state index contributed by atoms with van der Waals surface area (Å²) >= 11 is 0. The second-order valence-electron chi connectivity index (χ2n) is 5.63. The maximum absolute atomic E-state index is 13.1. The first kappa shape index (κ1) is 15.0. The number of hydrogen-bond acceptors (Lipinski definition) is 3. The van der Waals surface area contributed by atoms with Crippen molar-refractivity contribution >= 4 is 17.2 Å². The maximum atomic E-state index is 13.1. The largest absolute Gasteiger partial charge is 0.296 e. The van der Waals surface area contributed by atoms with Crippen molar-refractivity contribution in [2.75, 3.05) is 0 Å². The lowest BCUT2D eigenvalue weighted by Gasteiger charge is -2.04. The van der Waals surface area contributed by atoms with Crippen LogP contribution in [-0.2, 0) is 0 Å². The van der Waals surface area contributed by atoms with Crippen LogP contribution in [0.15, 0.2) is 85.1 Å². The van der Waals surface area contributed by atoms with Gasteiger partial charge in [0.05, 0.1) is 0 Å². The van der Waals surface area contributed by atoms with Crippen molar-refractivity contribution in [1.82, 2.24) is 9.38 Å². The highest BCUT2D eigenvalue weighted by atomic mass is 16.1. The Kier molecular flexibility index (Phi) is 3.71. The van der Waals surface area contributed by atoms with Gasteiger partial charge in [0.25, 0.3) is 0 Å². The van der Waals surface area contributed by atoms with E-state index in [0.717, 1.165) is 0 Å². The lowest BCUT2D eigenvalue weighted by Crippen LogP contribution is -2.12. The molecule has 25 heavy (non-hydrogen) atoms. The van der Waals surface area contributed by atoms with Gasteiger partial charge in [0.1, 0.15) is 17.0 Å². The standard InChI is InChI=1S/C21H14N2O2/c24-20(15-9-3-1-4-10-15)18-19(21(25)16-11-5-2-6-12-16)23-14-8-7-13-17(23)22-18/h1-14H. The molecular weight excluding hydrogens is 312 g/mol. The molecule has 0 bridgehead atoms. The summed E-state index contributed by atoms with van der Waals surface area (Å²) in [6.07, 6.45) is 1.75. The van der Waals surface area contributed by atoms with E-state index in [1.165, 1.54) is 0 Å². The monoisotopic (exact) mass is 326 g/mol. The van der Waals surface area contributed by atoms with Gasteiger partial charge >= 0.3 is 0 Å². The lowest BCUT2D eigenvalue weighted by atomic mass is 10.0. The Balaban J connectivity index is 1.93. The number of ketones is 2. The summed E-state index contributed by atoms with van der Waals surface area (Å²) in [6.45, 7) is 0. The van der Waals surface area contributed by atoms with Crippen molar-refractivity contribution in [3.8, 4) is 0 Å². The van der Waals surface area contributed by atoms with E-state index >= 15 is 0 Å². The van der Waals surface area contributed by atoms with E-state index in [9.17, 15) is 9.59 Å². The molecule has 0 atom stereocenters. The summed E-state index contributed by atoms with van der Waals surface area (Å²) in [5.74, 6) is -0.484. The smallest absolute Gasteiger partial charge is 0.213 e. The van der Waals surface area contributed by atoms with Gasteiger partial charge in [0.2, 0.25) is 11.6 Å². The third-order valence-corrected chi connectivity index (χ3v) is 4.03. The lowest BCUT2D eigenvalue weighted by molar-refractivity contribution is 0.0997. The van der Waals surface area contributed by atoms with Crippen LogP contribution in [-0.4, -0.2) is 21.0 Å². The molecular formula is C21H14N2O2. The van der Waals surface area contributed by atoms with Crippen LogP contribution in [0.4, 0.5) is 0 Å². The third kappa shape index (κ3) is 2.64. The summed E-state index contributed by atoms with van der Waals surface area (Å²) in [5, 5.41) is 0. The first-order valence-corrected chi connectivity index (χ1v) is 7.92. The van der Waals surface area contributed by atoms with E-state index in [0.29, 0.717) is 16.8 Å². The average Bonchev–Trinajstić information content (AvgIpc) is 3.07. The van der Waals surface area contributed by atoms with E-state index in [1.54, 1.807) is 65.2 Å². The molecule has 2 aromatic carbocycles. The molecule has 0 saturated carbocycles. The molecule has 0 aliphatic rings. The number of imidazole rings is 1. The Bertz CT molecular complexity index is 1070. The van der Waals surface area contributed by atoms with Gasteiger partial charge in [-0.2, -0.15) is 0 Å². The Morgan fingerprint density at radius 1 is 0.680 bits per heavy atom. The van der Waals surface area contributed by atoms with Crippen molar-refractivity contribution in [2.24, 2.45) is 0 Å². The Morgan fingerprint density at radius 2 is 1.24 bits per heavy atom. The number of nitrogens with zero attached hydrogens (tertiary/aromatic N) is 2. The normalized spacial score (nSPS) is 10.7. The molecule has 4 heteroatoms. The van der Waals surface area contributed by atoms with Crippen LogP contribution in [0.5, 0.6) is 0 Å². The minimum atomic E-state index is -0.261. The fraction of sp³-hybridized carbons (Fsp3) is 0. The second kappa shape index (κ2) is 6.17. The van der Waals surface area contributed by atoms with E-state index < -0.39 is 0 Å². The number of fused-ring (bicyclic) bond motifs is 1. The SMILES string of the molecule is O=C(c1ccccc1)c1nc2ccccn2c1C(=O)c1ccccc1. The first-order valence-electron chi connectivity index (χ1n) is 7.92. The molecule has 0 aliphatic heterocycles. The molecule has 2 heterocycles. The van der Waals surface area contributed by atoms with Gasteiger partial charge in [-0.3, -0.25) is 14.0 Å². The van der Waals surface area contributed by atoms with Crippen LogP contribution in [0.1, 0.15) is 32.1 Å². The van der Waals surface area contributed by atoms with Crippen molar-refractivity contribution in [3.63, 3.8) is 0 Å². The van der Waals surface area contributed by atoms with E-state index in [-0.39, 0.29) is 23.0 Å². The highest BCUT2D eigenvalue weighted by molar-refractivity contribution is 6.18. The van der Waals surface area contributed by atoms with Gasteiger partial charge in [0.15, 0.2) is 0 Å². The fourth-order valence-electron chi connectivity index (χ4n) is 2.82. The van der Waals surface area contributed by atoms with Crippen molar-refractivity contribution in [2.45, 2.75) is 0 Å². The Labute approximate surface area is 144 Å². The quantitative estimate of drug-likeness (QED) is 0.536. The topological polar surface area (TPSA) is 51.4 Å². The maximum Gasteiger partial charge on any atom is 0.213 e. The number of pyridine rings is 1. The van der Waals surface area contributed by atoms with Crippen molar-refractivity contribution in [1.29, 1.82) is 0 Å². The van der Waals surface area contributed by atoms with Crippen LogP contribution in [0.25, 0.3) is 5.65 Å². The second-order valence-corrected chi connectivity index (χ2v) is 5.63. The van der Waals surface area contributed by atoms with Gasteiger partial charge in [-0.1, -0.05) is 66.7 Å². The number of carbonyl (C=O) groups excluding carboxylic acids is 2. The van der Waals surface area contributed by atoms with E-state index in [1.807, 2.05) is 24.3 Å². The van der Waals surface area contributed by atoms with Crippen LogP contribution in [0.3, 0.4) is 0 Å². The van der Waals surface area contributed by atoms with Crippen LogP contribution in [0.2, 0.25) is 0 Å². The molecule has 2 aromatic heterocycles. The predicted octanol–water partition coefficient (Wildman–Crippen LogP) is 3.80. The summed E-state index contributed by atoms with van der Waals surface area (Å²) in [4.78, 5) is 30.4. The van der Waals surface area contributed by atoms with Crippen LogP contribution >= 0.6 is 0 Å². The van der Waals surface area contributed by atoms with Gasteiger partial charge in [0, 0.05) is 17.3 Å². The molecule has 4 nitrogen and oxygen atoms in total. The number of carbonyl (C=O) groups is 2. The molecule has 0 aliphatic carbocycles. The van der Waals surface area contributed by atoms with Crippen LogP contribution < -0.4 is 0 Å². The van der Waals surface area contributed by atoms with E-state index in [2.05, 4.69) is 4.98 Å². The molecule has 0 unspecified atom stereocenters. The minimum Gasteiger partial charge on any atom is -0.296 e. The predicted molar refractivity (Wildman–Crippen MR) is 94.9 cm³/mol. The average molecular weight is 326 g/mol. The molecule has 120 valence electrons. The zero-order valence-electron chi connectivity index (χ0n) is 13.3. The molecule has 0 amide bonds. The number of benzene rings is 2. The zero-order chi connectivity index (χ0) is 17.2. The highest BCUT2D eigenvalue weighted by Gasteiger charge is 2.25. The molecule has 4 rings (SSSR count). The van der Waals surface area contributed by atoms with Gasteiger partial charge < -0.3 is 0 Å². The number of rotatable bonds is 4. The molecule has 0 N–H and O–H groups in total. The Hall–Kier alpha value is -3.53. The molecule has 0 spiro atoms.